The summed E-state index contributed by atoms with van der Waals surface area (Å²) in [6, 6.07) is 6.41. The molecule has 0 aromatic heterocycles. The van der Waals surface area contributed by atoms with E-state index < -0.39 is 0 Å². The molecule has 0 spiro atoms. The van der Waals surface area contributed by atoms with E-state index in [4.69, 9.17) is 23.2 Å². The van der Waals surface area contributed by atoms with Crippen molar-refractivity contribution in [3.05, 3.63) is 33.8 Å². The molecular formula is C20H29BrCl2N2O. The molecule has 0 unspecified atom stereocenters. The number of likely N-dealkylation sites (tertiary alicyclic amines) is 1. The summed E-state index contributed by atoms with van der Waals surface area (Å²) in [4.78, 5) is 14.9. The van der Waals surface area contributed by atoms with E-state index in [1.165, 1.54) is 45.2 Å². The van der Waals surface area contributed by atoms with Gasteiger partial charge in [-0.25, -0.2) is 0 Å². The number of rotatable bonds is 4. The maximum absolute atomic E-state index is 12.9. The fourth-order valence-corrected chi connectivity index (χ4v) is 5.11. The SMILES string of the molecule is CN(C(=O)Cc1ccc(Cl)c(Cl)c1)[C@H]1CCCC[C@@H]1[N+]1(C)CCCC1.[Br-]. The predicted octanol–water partition coefficient (Wildman–Crippen LogP) is 1.55. The van der Waals surface area contributed by atoms with Gasteiger partial charge >= 0.3 is 0 Å². The van der Waals surface area contributed by atoms with Gasteiger partial charge in [-0.05, 0) is 30.5 Å². The van der Waals surface area contributed by atoms with E-state index in [2.05, 4.69) is 7.05 Å². The van der Waals surface area contributed by atoms with Crippen molar-refractivity contribution in [2.75, 3.05) is 27.2 Å². The lowest BCUT2D eigenvalue weighted by Gasteiger charge is -2.47. The maximum Gasteiger partial charge on any atom is 0.227 e. The Morgan fingerprint density at radius 3 is 2.42 bits per heavy atom. The number of nitrogens with zero attached hydrogens (tertiary/aromatic N) is 2. The van der Waals surface area contributed by atoms with Crippen LogP contribution in [0.3, 0.4) is 0 Å². The molecule has 2 aliphatic rings. The number of benzene rings is 1. The molecule has 0 N–H and O–H groups in total. The summed E-state index contributed by atoms with van der Waals surface area (Å²) in [6.45, 7) is 2.52. The fraction of sp³-hybridized carbons (Fsp3) is 0.650. The van der Waals surface area contributed by atoms with Crippen LogP contribution in [0.4, 0.5) is 0 Å². The van der Waals surface area contributed by atoms with Crippen LogP contribution in [0.1, 0.15) is 44.1 Å². The van der Waals surface area contributed by atoms with E-state index in [9.17, 15) is 4.79 Å². The summed E-state index contributed by atoms with van der Waals surface area (Å²) in [5.41, 5.74) is 0.931. The highest BCUT2D eigenvalue weighted by Crippen LogP contribution is 2.34. The van der Waals surface area contributed by atoms with Crippen LogP contribution < -0.4 is 17.0 Å². The van der Waals surface area contributed by atoms with E-state index in [0.717, 1.165) is 16.5 Å². The molecule has 1 aromatic carbocycles. The molecule has 1 saturated heterocycles. The Morgan fingerprint density at radius 2 is 1.77 bits per heavy atom. The monoisotopic (exact) mass is 462 g/mol. The molecular weight excluding hydrogens is 435 g/mol. The second-order valence-corrected chi connectivity index (χ2v) is 8.80. The van der Waals surface area contributed by atoms with Crippen LogP contribution in [0.25, 0.3) is 0 Å². The first-order chi connectivity index (χ1) is 11.9. The fourth-order valence-electron chi connectivity index (χ4n) is 4.79. The molecule has 0 radical (unpaired) electrons. The lowest BCUT2D eigenvalue weighted by atomic mass is 9.86. The molecule has 146 valence electrons. The summed E-state index contributed by atoms with van der Waals surface area (Å²) < 4.78 is 1.15. The largest absolute Gasteiger partial charge is 1.00 e. The number of carbonyl (C=O) groups is 1. The number of hydrogen-bond acceptors (Lipinski definition) is 1. The molecule has 6 heteroatoms. The van der Waals surface area contributed by atoms with Gasteiger partial charge in [-0.15, -0.1) is 0 Å². The van der Waals surface area contributed by atoms with E-state index in [1.54, 1.807) is 6.07 Å². The minimum Gasteiger partial charge on any atom is -1.00 e. The number of amides is 1. The molecule has 1 saturated carbocycles. The molecule has 2 fully saturated rings. The Morgan fingerprint density at radius 1 is 1.12 bits per heavy atom. The zero-order chi connectivity index (χ0) is 18.0. The second kappa shape index (κ2) is 9.27. The summed E-state index contributed by atoms with van der Waals surface area (Å²) in [5, 5.41) is 1.05. The Hall–Kier alpha value is -0.290. The van der Waals surface area contributed by atoms with Crippen LogP contribution >= 0.6 is 23.2 Å². The van der Waals surface area contributed by atoms with Crippen LogP contribution in [0.2, 0.25) is 10.0 Å². The number of likely N-dealkylation sites (N-methyl/N-ethyl adjacent to an activating group) is 2. The number of hydrogen-bond donors (Lipinski definition) is 0. The molecule has 0 bridgehead atoms. The predicted molar refractivity (Wildman–Crippen MR) is 104 cm³/mol. The highest BCUT2D eigenvalue weighted by atomic mass is 79.9. The van der Waals surface area contributed by atoms with Crippen LogP contribution in [-0.2, 0) is 11.2 Å². The highest BCUT2D eigenvalue weighted by molar-refractivity contribution is 6.42. The Kier molecular flexibility index (Phi) is 7.85. The number of quaternary nitrogens is 1. The molecule has 1 aromatic rings. The van der Waals surface area contributed by atoms with Crippen molar-refractivity contribution in [3.8, 4) is 0 Å². The molecule has 1 amide bonds. The van der Waals surface area contributed by atoms with Gasteiger partial charge in [0.2, 0.25) is 5.91 Å². The highest BCUT2D eigenvalue weighted by Gasteiger charge is 2.44. The minimum absolute atomic E-state index is 0. The first-order valence-corrected chi connectivity index (χ1v) is 10.2. The van der Waals surface area contributed by atoms with Gasteiger partial charge in [0.25, 0.3) is 0 Å². The van der Waals surface area contributed by atoms with Crippen LogP contribution in [0, 0.1) is 0 Å². The first-order valence-electron chi connectivity index (χ1n) is 9.44. The lowest BCUT2D eigenvalue weighted by Crippen LogP contribution is -3.00. The molecule has 2 atom stereocenters. The standard InChI is InChI=1S/C20H29Cl2N2O.BrH/c1-23(20(25)14-15-9-10-16(21)17(22)13-15)18-7-3-4-8-19(18)24(2)11-5-6-12-24;/h9-10,13,18-19H,3-8,11-12,14H2,1-2H3;1H/q+1;/p-1/t18-,19-;/m0./s1. The average molecular weight is 464 g/mol. The molecule has 26 heavy (non-hydrogen) atoms. The van der Waals surface area contributed by atoms with Crippen LogP contribution in [0.5, 0.6) is 0 Å². The van der Waals surface area contributed by atoms with Crippen molar-refractivity contribution >= 4 is 29.1 Å². The third-order valence-corrected chi connectivity index (χ3v) is 7.05. The lowest BCUT2D eigenvalue weighted by molar-refractivity contribution is -0.925. The van der Waals surface area contributed by atoms with Gasteiger partial charge in [-0.1, -0.05) is 35.7 Å². The summed E-state index contributed by atoms with van der Waals surface area (Å²) in [5.74, 6) is 0.182. The van der Waals surface area contributed by atoms with Gasteiger partial charge in [0, 0.05) is 26.3 Å². The van der Waals surface area contributed by atoms with Crippen molar-refractivity contribution in [1.29, 1.82) is 0 Å². The van der Waals surface area contributed by atoms with Crippen LogP contribution in [-0.4, -0.2) is 54.6 Å². The Bertz CT molecular complexity index is 634. The topological polar surface area (TPSA) is 20.3 Å². The third kappa shape index (κ3) is 4.76. The summed E-state index contributed by atoms with van der Waals surface area (Å²) in [6.07, 6.45) is 7.92. The molecule has 3 rings (SSSR count). The molecule has 3 nitrogen and oxygen atoms in total. The zero-order valence-electron chi connectivity index (χ0n) is 15.7. The van der Waals surface area contributed by atoms with Crippen molar-refractivity contribution in [3.63, 3.8) is 0 Å². The quantitative estimate of drug-likeness (QED) is 0.620. The smallest absolute Gasteiger partial charge is 0.227 e. The summed E-state index contributed by atoms with van der Waals surface area (Å²) >= 11 is 12.1. The summed E-state index contributed by atoms with van der Waals surface area (Å²) in [7, 11) is 4.39. The molecule has 1 aliphatic heterocycles. The zero-order valence-corrected chi connectivity index (χ0v) is 18.8. The van der Waals surface area contributed by atoms with Crippen molar-refractivity contribution in [1.82, 2.24) is 4.90 Å². The van der Waals surface area contributed by atoms with Crippen molar-refractivity contribution in [2.45, 2.75) is 57.0 Å². The van der Waals surface area contributed by atoms with Gasteiger partial charge in [0.05, 0.1) is 42.6 Å². The second-order valence-electron chi connectivity index (χ2n) is 7.98. The Labute approximate surface area is 178 Å². The number of carbonyl (C=O) groups excluding carboxylic acids is 1. The van der Waals surface area contributed by atoms with E-state index in [1.807, 2.05) is 24.1 Å². The van der Waals surface area contributed by atoms with Gasteiger partial charge < -0.3 is 26.4 Å². The van der Waals surface area contributed by atoms with Gasteiger partial charge in [0.1, 0.15) is 6.04 Å². The normalized spacial score (nSPS) is 24.8. The van der Waals surface area contributed by atoms with Gasteiger partial charge in [0.15, 0.2) is 0 Å². The Balaban J connectivity index is 0.00000243. The van der Waals surface area contributed by atoms with E-state index in [-0.39, 0.29) is 22.9 Å². The van der Waals surface area contributed by atoms with E-state index >= 15 is 0 Å². The average Bonchev–Trinajstić information content (AvgIpc) is 3.05. The number of halogens is 3. The van der Waals surface area contributed by atoms with Gasteiger partial charge in [-0.3, -0.25) is 4.79 Å². The molecule has 1 aliphatic carbocycles. The van der Waals surface area contributed by atoms with Gasteiger partial charge in [-0.2, -0.15) is 0 Å². The van der Waals surface area contributed by atoms with Crippen molar-refractivity contribution in [2.24, 2.45) is 0 Å². The maximum atomic E-state index is 12.9. The minimum atomic E-state index is 0. The van der Waals surface area contributed by atoms with Crippen LogP contribution in [0.15, 0.2) is 18.2 Å². The molecule has 1 heterocycles. The van der Waals surface area contributed by atoms with Crippen molar-refractivity contribution < 1.29 is 26.3 Å². The first kappa shape index (κ1) is 22.0. The van der Waals surface area contributed by atoms with E-state index in [0.29, 0.717) is 28.5 Å². The third-order valence-electron chi connectivity index (χ3n) is 6.31.